The monoisotopic (exact) mass is 328 g/mol. The topological polar surface area (TPSA) is 72.9 Å². The Labute approximate surface area is 136 Å². The molecule has 0 fully saturated rings. The van der Waals surface area contributed by atoms with E-state index in [1.807, 2.05) is 0 Å². The van der Waals surface area contributed by atoms with E-state index in [0.717, 1.165) is 11.4 Å². The van der Waals surface area contributed by atoms with Gasteiger partial charge in [-0.25, -0.2) is 13.5 Å². The van der Waals surface area contributed by atoms with Crippen LogP contribution in [0.25, 0.3) is 5.69 Å². The summed E-state index contributed by atoms with van der Waals surface area (Å²) in [6.07, 6.45) is 1.75. The molecule has 0 unspecified atom stereocenters. The molecule has 3 aromatic rings. The Balaban J connectivity index is 1.68. The van der Waals surface area contributed by atoms with Gasteiger partial charge < -0.3 is 11.1 Å². The highest BCUT2D eigenvalue weighted by atomic mass is 19.1. The van der Waals surface area contributed by atoms with Crippen LogP contribution in [0.5, 0.6) is 0 Å². The second kappa shape index (κ2) is 6.49. The lowest BCUT2D eigenvalue weighted by Gasteiger charge is -2.06. The highest BCUT2D eigenvalue weighted by Gasteiger charge is 2.09. The number of primary amides is 1. The Morgan fingerprint density at radius 2 is 1.88 bits per heavy atom. The molecule has 0 aliphatic carbocycles. The Morgan fingerprint density at radius 1 is 1.12 bits per heavy atom. The summed E-state index contributed by atoms with van der Waals surface area (Å²) in [5.41, 5.74) is 6.87. The maximum absolute atomic E-state index is 13.7. The van der Waals surface area contributed by atoms with Crippen LogP contribution < -0.4 is 11.1 Å². The van der Waals surface area contributed by atoms with E-state index in [2.05, 4.69) is 10.4 Å². The van der Waals surface area contributed by atoms with Gasteiger partial charge in [-0.1, -0.05) is 0 Å². The van der Waals surface area contributed by atoms with Crippen LogP contribution in [-0.2, 0) is 6.54 Å². The molecule has 0 spiro atoms. The van der Waals surface area contributed by atoms with Gasteiger partial charge in [0, 0.05) is 11.9 Å². The molecule has 0 aliphatic heterocycles. The third-order valence-electron chi connectivity index (χ3n) is 3.44. The molecule has 1 heterocycles. The molecule has 1 aromatic heterocycles. The lowest BCUT2D eigenvalue weighted by molar-refractivity contribution is 0.0996. The number of anilines is 1. The zero-order chi connectivity index (χ0) is 17.1. The number of amides is 1. The van der Waals surface area contributed by atoms with E-state index < -0.39 is 11.7 Å². The van der Waals surface area contributed by atoms with Crippen molar-refractivity contribution in [2.75, 3.05) is 5.32 Å². The predicted octanol–water partition coefficient (Wildman–Crippen LogP) is 2.86. The molecule has 2 aromatic carbocycles. The fraction of sp³-hybridized carbons (Fsp3) is 0.0588. The average Bonchev–Trinajstić information content (AvgIpc) is 3.02. The molecule has 5 nitrogen and oxygen atoms in total. The van der Waals surface area contributed by atoms with Crippen molar-refractivity contribution in [1.82, 2.24) is 9.78 Å². The first-order valence-electron chi connectivity index (χ1n) is 7.16. The van der Waals surface area contributed by atoms with Gasteiger partial charge >= 0.3 is 0 Å². The van der Waals surface area contributed by atoms with Crippen molar-refractivity contribution in [3.63, 3.8) is 0 Å². The summed E-state index contributed by atoms with van der Waals surface area (Å²) in [5, 5.41) is 7.37. The number of halogens is 2. The Kier molecular flexibility index (Phi) is 4.24. The third kappa shape index (κ3) is 3.40. The summed E-state index contributed by atoms with van der Waals surface area (Å²) in [6, 6.07) is 11.9. The number of hydrogen-bond acceptors (Lipinski definition) is 3. The van der Waals surface area contributed by atoms with Crippen LogP contribution in [0.2, 0.25) is 0 Å². The number of nitrogens with two attached hydrogens (primary N) is 1. The van der Waals surface area contributed by atoms with Gasteiger partial charge in [-0.2, -0.15) is 5.10 Å². The highest BCUT2D eigenvalue weighted by molar-refractivity contribution is 5.93. The Morgan fingerprint density at radius 3 is 2.54 bits per heavy atom. The van der Waals surface area contributed by atoms with E-state index in [1.54, 1.807) is 35.1 Å². The number of hydrogen-bond donors (Lipinski definition) is 2. The van der Waals surface area contributed by atoms with Crippen molar-refractivity contribution in [2.45, 2.75) is 6.54 Å². The van der Waals surface area contributed by atoms with Gasteiger partial charge in [-0.3, -0.25) is 4.79 Å². The van der Waals surface area contributed by atoms with Crippen LogP contribution >= 0.6 is 0 Å². The van der Waals surface area contributed by atoms with Crippen molar-refractivity contribution in [3.05, 3.63) is 77.6 Å². The number of nitrogens with zero attached hydrogens (tertiary/aromatic N) is 2. The van der Waals surface area contributed by atoms with E-state index in [9.17, 15) is 13.6 Å². The van der Waals surface area contributed by atoms with Crippen molar-refractivity contribution < 1.29 is 13.6 Å². The molecular weight excluding hydrogens is 314 g/mol. The summed E-state index contributed by atoms with van der Waals surface area (Å²) in [6.45, 7) is 0.365. The van der Waals surface area contributed by atoms with Gasteiger partial charge in [-0.05, 0) is 48.5 Å². The molecule has 122 valence electrons. The number of rotatable bonds is 5. The number of aromatic nitrogens is 2. The van der Waals surface area contributed by atoms with Gasteiger partial charge in [0.25, 0.3) is 5.91 Å². The fourth-order valence-electron chi connectivity index (χ4n) is 2.21. The number of carbonyl (C=O) groups excluding carboxylic acids is 1. The Hall–Kier alpha value is -3.22. The van der Waals surface area contributed by atoms with Crippen molar-refractivity contribution in [3.8, 4) is 5.69 Å². The molecule has 0 saturated heterocycles. The third-order valence-corrected chi connectivity index (χ3v) is 3.44. The van der Waals surface area contributed by atoms with Crippen LogP contribution in [0.4, 0.5) is 14.5 Å². The average molecular weight is 328 g/mol. The summed E-state index contributed by atoms with van der Waals surface area (Å²) in [5.74, 6) is -1.80. The second-order valence-corrected chi connectivity index (χ2v) is 5.14. The molecular formula is C17H14F2N4O. The zero-order valence-electron chi connectivity index (χ0n) is 12.5. The van der Waals surface area contributed by atoms with Gasteiger partial charge in [-0.15, -0.1) is 0 Å². The summed E-state index contributed by atoms with van der Waals surface area (Å²) >= 11 is 0. The largest absolute Gasteiger partial charge is 0.379 e. The number of benzene rings is 2. The molecule has 0 bridgehead atoms. The lowest BCUT2D eigenvalue weighted by atomic mass is 10.2. The molecule has 1 amide bonds. The summed E-state index contributed by atoms with van der Waals surface area (Å²) in [4.78, 5) is 11.0. The molecule has 0 saturated carbocycles. The van der Waals surface area contributed by atoms with Crippen LogP contribution in [0.15, 0.2) is 54.7 Å². The van der Waals surface area contributed by atoms with E-state index >= 15 is 0 Å². The minimum Gasteiger partial charge on any atom is -0.379 e. The number of carbonyl (C=O) groups is 1. The van der Waals surface area contributed by atoms with Crippen LogP contribution in [0.1, 0.15) is 16.1 Å². The first-order chi connectivity index (χ1) is 11.5. The number of nitrogens with one attached hydrogen (secondary N) is 1. The van der Waals surface area contributed by atoms with E-state index in [-0.39, 0.29) is 11.4 Å². The van der Waals surface area contributed by atoms with E-state index in [0.29, 0.717) is 12.2 Å². The molecule has 0 aliphatic rings. The SMILES string of the molecule is NC(=O)c1ccc(NCc2ccn(-c3ccc(F)cc3)n2)cc1F. The second-order valence-electron chi connectivity index (χ2n) is 5.14. The molecule has 0 atom stereocenters. The summed E-state index contributed by atoms with van der Waals surface area (Å²) in [7, 11) is 0. The zero-order valence-corrected chi connectivity index (χ0v) is 12.5. The fourth-order valence-corrected chi connectivity index (χ4v) is 2.21. The minimum absolute atomic E-state index is 0.152. The van der Waals surface area contributed by atoms with Crippen molar-refractivity contribution >= 4 is 11.6 Å². The maximum atomic E-state index is 13.7. The van der Waals surface area contributed by atoms with Gasteiger partial charge in [0.15, 0.2) is 0 Å². The van der Waals surface area contributed by atoms with Gasteiger partial charge in [0.05, 0.1) is 23.5 Å². The molecule has 24 heavy (non-hydrogen) atoms. The first kappa shape index (κ1) is 15.7. The van der Waals surface area contributed by atoms with Crippen LogP contribution in [0.3, 0.4) is 0 Å². The normalized spacial score (nSPS) is 10.6. The maximum Gasteiger partial charge on any atom is 0.251 e. The molecule has 3 rings (SSSR count). The van der Waals surface area contributed by atoms with E-state index in [1.165, 1.54) is 24.3 Å². The predicted molar refractivity (Wildman–Crippen MR) is 85.8 cm³/mol. The minimum atomic E-state index is -0.808. The quantitative estimate of drug-likeness (QED) is 0.756. The smallest absolute Gasteiger partial charge is 0.251 e. The first-order valence-corrected chi connectivity index (χ1v) is 7.16. The molecule has 7 heteroatoms. The van der Waals surface area contributed by atoms with Crippen LogP contribution in [0, 0.1) is 11.6 Å². The van der Waals surface area contributed by atoms with Gasteiger partial charge in [0.1, 0.15) is 11.6 Å². The van der Waals surface area contributed by atoms with Crippen molar-refractivity contribution in [1.29, 1.82) is 0 Å². The molecule has 0 radical (unpaired) electrons. The Bertz CT molecular complexity index is 875. The van der Waals surface area contributed by atoms with E-state index in [4.69, 9.17) is 5.73 Å². The highest BCUT2D eigenvalue weighted by Crippen LogP contribution is 2.15. The lowest BCUT2D eigenvalue weighted by Crippen LogP contribution is -2.13. The molecule has 3 N–H and O–H groups in total. The van der Waals surface area contributed by atoms with Crippen molar-refractivity contribution in [2.24, 2.45) is 5.73 Å². The van der Waals surface area contributed by atoms with Gasteiger partial charge in [0.2, 0.25) is 0 Å². The standard InChI is InChI=1S/C17H14F2N4O/c18-11-1-4-14(5-2-11)23-8-7-13(22-23)10-21-12-3-6-15(17(20)24)16(19)9-12/h1-9,21H,10H2,(H2,20,24). The van der Waals surface area contributed by atoms with Crippen LogP contribution in [-0.4, -0.2) is 15.7 Å². The summed E-state index contributed by atoms with van der Waals surface area (Å²) < 4.78 is 28.2.